The van der Waals surface area contributed by atoms with Crippen LogP contribution in [-0.2, 0) is 13.1 Å². The fraction of sp³-hybridized carbons (Fsp3) is 0.250. The number of carbonyl (C=O) groups is 1. The highest BCUT2D eigenvalue weighted by Gasteiger charge is 2.19. The fourth-order valence-corrected chi connectivity index (χ4v) is 3.55. The first-order valence-electron chi connectivity index (χ1n) is 10.6. The predicted octanol–water partition coefficient (Wildman–Crippen LogP) is 3.70. The number of amides is 1. The first kappa shape index (κ1) is 21.4. The summed E-state index contributed by atoms with van der Waals surface area (Å²) in [6.45, 7) is 2.88. The summed E-state index contributed by atoms with van der Waals surface area (Å²) in [5, 5.41) is 7.22. The van der Waals surface area contributed by atoms with Crippen molar-refractivity contribution in [3.05, 3.63) is 94.4 Å². The zero-order valence-corrected chi connectivity index (χ0v) is 17.7. The highest BCUT2D eigenvalue weighted by Crippen LogP contribution is 2.20. The number of halogens is 1. The lowest BCUT2D eigenvalue weighted by Crippen LogP contribution is -2.34. The Morgan fingerprint density at radius 2 is 1.88 bits per heavy atom. The molecule has 4 aromatic rings. The van der Waals surface area contributed by atoms with Crippen LogP contribution < -0.4 is 10.9 Å². The quantitative estimate of drug-likeness (QED) is 0.459. The second-order valence-corrected chi connectivity index (χ2v) is 7.60. The van der Waals surface area contributed by atoms with Crippen molar-refractivity contribution in [3.8, 4) is 0 Å². The molecule has 0 bridgehead atoms. The number of unbranched alkanes of at least 4 members (excludes halogenated alkanes) is 1. The number of nitrogens with one attached hydrogen (secondary N) is 1. The van der Waals surface area contributed by atoms with Gasteiger partial charge in [0.2, 0.25) is 0 Å². The van der Waals surface area contributed by atoms with Gasteiger partial charge in [0.1, 0.15) is 11.5 Å². The minimum Gasteiger partial charge on any atom is -0.342 e. The van der Waals surface area contributed by atoms with E-state index in [2.05, 4.69) is 15.4 Å². The van der Waals surface area contributed by atoms with Gasteiger partial charge in [0.15, 0.2) is 0 Å². The summed E-state index contributed by atoms with van der Waals surface area (Å²) >= 11 is 0. The van der Waals surface area contributed by atoms with Crippen molar-refractivity contribution in [1.82, 2.24) is 24.6 Å². The zero-order valence-electron chi connectivity index (χ0n) is 17.7. The number of rotatable bonds is 8. The summed E-state index contributed by atoms with van der Waals surface area (Å²) in [6.07, 6.45) is 3.43. The number of nitrogens with zero attached hydrogens (tertiary/aromatic N) is 4. The van der Waals surface area contributed by atoms with Crippen LogP contribution in [0.5, 0.6) is 0 Å². The first-order valence-corrected chi connectivity index (χ1v) is 10.6. The Morgan fingerprint density at radius 3 is 2.66 bits per heavy atom. The molecule has 32 heavy (non-hydrogen) atoms. The van der Waals surface area contributed by atoms with E-state index >= 15 is 0 Å². The lowest BCUT2D eigenvalue weighted by Gasteiger charge is -2.20. The number of imidazole rings is 1. The van der Waals surface area contributed by atoms with Gasteiger partial charge in [-0.25, -0.2) is 14.1 Å². The van der Waals surface area contributed by atoms with E-state index in [-0.39, 0.29) is 17.1 Å². The topological polar surface area (TPSA) is 81.8 Å². The second-order valence-electron chi connectivity index (χ2n) is 7.60. The summed E-state index contributed by atoms with van der Waals surface area (Å²) in [5.74, 6) is -0.759. The maximum absolute atomic E-state index is 13.5. The van der Waals surface area contributed by atoms with E-state index in [0.717, 1.165) is 29.4 Å². The monoisotopic (exact) mass is 433 g/mol. The molecule has 0 aliphatic carbocycles. The van der Waals surface area contributed by atoms with E-state index in [1.54, 1.807) is 18.5 Å². The average Bonchev–Trinajstić information content (AvgIpc) is 3.21. The van der Waals surface area contributed by atoms with Gasteiger partial charge in [-0.15, -0.1) is 0 Å². The minimum absolute atomic E-state index is 0.156. The van der Waals surface area contributed by atoms with Crippen molar-refractivity contribution in [2.45, 2.75) is 38.9 Å². The Hall–Kier alpha value is -3.81. The molecule has 2 aromatic carbocycles. The van der Waals surface area contributed by atoms with Gasteiger partial charge in [0.05, 0.1) is 23.4 Å². The van der Waals surface area contributed by atoms with Crippen molar-refractivity contribution < 1.29 is 9.18 Å². The van der Waals surface area contributed by atoms with E-state index in [9.17, 15) is 14.0 Å². The van der Waals surface area contributed by atoms with Crippen LogP contribution in [0.3, 0.4) is 0 Å². The van der Waals surface area contributed by atoms with E-state index in [4.69, 9.17) is 0 Å². The molecule has 0 radical (unpaired) electrons. The number of hydrogen-bond acceptors (Lipinski definition) is 4. The van der Waals surface area contributed by atoms with Crippen LogP contribution >= 0.6 is 0 Å². The number of fused-ring (bicyclic) bond motifs is 1. The van der Waals surface area contributed by atoms with Crippen LogP contribution in [0, 0.1) is 5.82 Å². The molecule has 4 rings (SSSR count). The standard InChI is InChI=1S/C24H24FN5O2/c1-2-3-14-30-23(31)13-12-20(28-30)24(32)27-21(17-8-10-18(25)11-9-17)15-29-16-26-19-6-4-5-7-22(19)29/h4-13,16,21H,2-3,14-15H2,1H3,(H,27,32). The molecular weight excluding hydrogens is 409 g/mol. The van der Waals surface area contributed by atoms with Crippen molar-refractivity contribution in [2.75, 3.05) is 0 Å². The Bertz CT molecular complexity index is 1280. The number of aryl methyl sites for hydroxylation is 1. The summed E-state index contributed by atoms with van der Waals surface area (Å²) in [5.41, 5.74) is 2.44. The Morgan fingerprint density at radius 1 is 1.09 bits per heavy atom. The third-order valence-electron chi connectivity index (χ3n) is 5.31. The van der Waals surface area contributed by atoms with Crippen molar-refractivity contribution in [1.29, 1.82) is 0 Å². The number of hydrogen-bond donors (Lipinski definition) is 1. The lowest BCUT2D eigenvalue weighted by molar-refractivity contribution is 0.0925. The van der Waals surface area contributed by atoms with Crippen LogP contribution in [-0.4, -0.2) is 25.2 Å². The van der Waals surface area contributed by atoms with E-state index < -0.39 is 11.9 Å². The minimum atomic E-state index is -0.460. The molecule has 0 aliphatic rings. The summed E-state index contributed by atoms with van der Waals surface area (Å²) in [6, 6.07) is 16.1. The molecule has 0 aliphatic heterocycles. The molecule has 164 valence electrons. The maximum Gasteiger partial charge on any atom is 0.272 e. The molecule has 0 saturated heterocycles. The largest absolute Gasteiger partial charge is 0.342 e. The molecule has 2 aromatic heterocycles. The van der Waals surface area contributed by atoms with Crippen LogP contribution in [0.2, 0.25) is 0 Å². The molecule has 1 amide bonds. The van der Waals surface area contributed by atoms with Crippen LogP contribution in [0.25, 0.3) is 11.0 Å². The van der Waals surface area contributed by atoms with Gasteiger partial charge in [-0.3, -0.25) is 9.59 Å². The van der Waals surface area contributed by atoms with Gasteiger partial charge in [0.25, 0.3) is 11.5 Å². The van der Waals surface area contributed by atoms with Gasteiger partial charge in [-0.2, -0.15) is 5.10 Å². The molecule has 2 heterocycles. The third kappa shape index (κ3) is 4.74. The first-order chi connectivity index (χ1) is 15.5. The second kappa shape index (κ2) is 9.55. The maximum atomic E-state index is 13.5. The summed E-state index contributed by atoms with van der Waals surface area (Å²) < 4.78 is 16.8. The molecule has 7 nitrogen and oxygen atoms in total. The van der Waals surface area contributed by atoms with E-state index in [0.29, 0.717) is 13.1 Å². The van der Waals surface area contributed by atoms with Crippen molar-refractivity contribution in [3.63, 3.8) is 0 Å². The van der Waals surface area contributed by atoms with Gasteiger partial charge in [0, 0.05) is 19.2 Å². The summed E-state index contributed by atoms with van der Waals surface area (Å²) in [4.78, 5) is 29.5. The van der Waals surface area contributed by atoms with Crippen LogP contribution in [0.1, 0.15) is 41.9 Å². The highest BCUT2D eigenvalue weighted by atomic mass is 19.1. The molecule has 1 unspecified atom stereocenters. The number of benzene rings is 2. The lowest BCUT2D eigenvalue weighted by atomic mass is 10.1. The molecule has 0 fully saturated rings. The van der Waals surface area contributed by atoms with Gasteiger partial charge in [-0.05, 0) is 42.3 Å². The number of aromatic nitrogens is 4. The highest BCUT2D eigenvalue weighted by molar-refractivity contribution is 5.92. The fourth-order valence-electron chi connectivity index (χ4n) is 3.55. The Balaban J connectivity index is 1.62. The summed E-state index contributed by atoms with van der Waals surface area (Å²) in [7, 11) is 0. The molecule has 1 N–H and O–H groups in total. The third-order valence-corrected chi connectivity index (χ3v) is 5.31. The SMILES string of the molecule is CCCCn1nc(C(=O)NC(Cn2cnc3ccccc32)c2ccc(F)cc2)ccc1=O. The molecule has 0 spiro atoms. The number of carbonyl (C=O) groups excluding carboxylic acids is 1. The average molecular weight is 433 g/mol. The van der Waals surface area contributed by atoms with Crippen molar-refractivity contribution in [2.24, 2.45) is 0 Å². The van der Waals surface area contributed by atoms with Gasteiger partial charge in [-0.1, -0.05) is 37.6 Å². The van der Waals surface area contributed by atoms with Gasteiger partial charge < -0.3 is 9.88 Å². The zero-order chi connectivity index (χ0) is 22.5. The molecule has 0 saturated carbocycles. The van der Waals surface area contributed by atoms with Gasteiger partial charge >= 0.3 is 0 Å². The predicted molar refractivity (Wildman–Crippen MR) is 120 cm³/mol. The van der Waals surface area contributed by atoms with E-state index in [1.165, 1.54) is 28.9 Å². The van der Waals surface area contributed by atoms with Crippen LogP contribution in [0.4, 0.5) is 4.39 Å². The molecular formula is C24H24FN5O2. The Labute approximate surface area is 184 Å². The Kier molecular flexibility index (Phi) is 6.39. The molecule has 8 heteroatoms. The number of para-hydroxylation sites is 2. The molecule has 1 atom stereocenters. The van der Waals surface area contributed by atoms with Crippen molar-refractivity contribution >= 4 is 16.9 Å². The van der Waals surface area contributed by atoms with Crippen LogP contribution in [0.15, 0.2) is 71.8 Å². The normalized spacial score (nSPS) is 12.1. The smallest absolute Gasteiger partial charge is 0.272 e. The van der Waals surface area contributed by atoms with E-state index in [1.807, 2.05) is 35.8 Å².